The third-order valence-corrected chi connectivity index (χ3v) is 5.98. The Labute approximate surface area is 221 Å². The topological polar surface area (TPSA) is 89.8 Å². The van der Waals surface area contributed by atoms with Gasteiger partial charge in [-0.15, -0.1) is 13.2 Å². The summed E-state index contributed by atoms with van der Waals surface area (Å²) >= 11 is 0.905. The highest BCUT2D eigenvalue weighted by Crippen LogP contribution is 2.26. The zero-order chi connectivity index (χ0) is 27.3. The normalized spacial score (nSPS) is 11.6. The van der Waals surface area contributed by atoms with Crippen molar-refractivity contribution in [3.05, 3.63) is 83.0 Å². The highest BCUT2D eigenvalue weighted by Gasteiger charge is 2.31. The molecule has 4 aromatic rings. The number of rotatable bonds is 8. The number of para-hydroxylation sites is 1. The third kappa shape index (κ3) is 6.97. The lowest BCUT2D eigenvalue weighted by Crippen LogP contribution is -2.23. The van der Waals surface area contributed by atoms with Gasteiger partial charge in [0.1, 0.15) is 23.8 Å². The molecular formula is C26H24F3N5O3S. The summed E-state index contributed by atoms with van der Waals surface area (Å²) in [7, 11) is 1.80. The Morgan fingerprint density at radius 2 is 1.76 bits per heavy atom. The molecule has 4 rings (SSSR count). The second-order valence-electron chi connectivity index (χ2n) is 8.30. The highest BCUT2D eigenvalue weighted by molar-refractivity contribution is 7.96. The van der Waals surface area contributed by atoms with Gasteiger partial charge in [-0.1, -0.05) is 30.3 Å². The molecule has 0 radical (unpaired) electrons. The Balaban J connectivity index is 1.33. The Hall–Kier alpha value is -4.19. The van der Waals surface area contributed by atoms with Gasteiger partial charge in [0.2, 0.25) is 0 Å². The molecule has 2 N–H and O–H groups in total. The van der Waals surface area contributed by atoms with Crippen LogP contribution in [0.15, 0.2) is 65.1 Å². The largest absolute Gasteiger partial charge is 0.573 e. The van der Waals surface area contributed by atoms with Gasteiger partial charge in [-0.05, 0) is 60.9 Å². The lowest BCUT2D eigenvalue weighted by molar-refractivity contribution is -0.274. The number of alkyl halides is 3. The van der Waals surface area contributed by atoms with Crippen LogP contribution in [0.2, 0.25) is 0 Å². The van der Waals surface area contributed by atoms with Crippen molar-refractivity contribution < 1.29 is 27.4 Å². The van der Waals surface area contributed by atoms with E-state index in [0.29, 0.717) is 11.4 Å². The number of anilines is 1. The van der Waals surface area contributed by atoms with Crippen molar-refractivity contribution in [1.82, 2.24) is 14.5 Å². The predicted molar refractivity (Wildman–Crippen MR) is 141 cm³/mol. The van der Waals surface area contributed by atoms with Crippen LogP contribution >= 0.6 is 12.1 Å². The third-order valence-electron chi connectivity index (χ3n) is 5.50. The van der Waals surface area contributed by atoms with E-state index in [0.717, 1.165) is 45.4 Å². The van der Waals surface area contributed by atoms with Gasteiger partial charge in [0.15, 0.2) is 0 Å². The molecule has 3 aromatic carbocycles. The molecule has 8 nitrogen and oxygen atoms in total. The maximum atomic E-state index is 12.3. The van der Waals surface area contributed by atoms with Gasteiger partial charge in [-0.3, -0.25) is 9.40 Å². The fraction of sp³-hybridized carbons (Fsp3) is 0.192. The molecule has 0 aliphatic rings. The molecule has 0 aliphatic carbocycles. The smallest absolute Gasteiger partial charge is 0.487 e. The molecule has 38 heavy (non-hydrogen) atoms. The molecule has 1 aromatic heterocycles. The van der Waals surface area contributed by atoms with Crippen LogP contribution in [0, 0.1) is 13.8 Å². The van der Waals surface area contributed by atoms with Gasteiger partial charge in [0.05, 0.1) is 17.7 Å². The van der Waals surface area contributed by atoms with E-state index in [-0.39, 0.29) is 18.4 Å². The van der Waals surface area contributed by atoms with E-state index in [9.17, 15) is 18.0 Å². The summed E-state index contributed by atoms with van der Waals surface area (Å²) in [5, 5.41) is 8.18. The molecule has 0 spiro atoms. The van der Waals surface area contributed by atoms with Crippen molar-refractivity contribution in [2.45, 2.75) is 26.8 Å². The maximum Gasteiger partial charge on any atom is 0.573 e. The number of aryl methyl sites for hydroxylation is 3. The number of halogens is 3. The molecule has 0 saturated heterocycles. The number of hydrogen-bond acceptors (Lipinski definition) is 6. The van der Waals surface area contributed by atoms with Gasteiger partial charge in [-0.25, -0.2) is 9.19 Å². The lowest BCUT2D eigenvalue weighted by atomic mass is 10.1. The van der Waals surface area contributed by atoms with Crippen LogP contribution in [0.3, 0.4) is 0 Å². The summed E-state index contributed by atoms with van der Waals surface area (Å²) in [6.07, 6.45) is -3.12. The van der Waals surface area contributed by atoms with Crippen molar-refractivity contribution in [2.24, 2.45) is 11.4 Å². The maximum absolute atomic E-state index is 12.3. The highest BCUT2D eigenvalue weighted by atomic mass is 32.2. The minimum Gasteiger partial charge on any atom is -0.487 e. The summed E-state index contributed by atoms with van der Waals surface area (Å²) < 4.78 is 55.0. The van der Waals surface area contributed by atoms with E-state index >= 15 is 0 Å². The summed E-state index contributed by atoms with van der Waals surface area (Å²) in [5.41, 5.74) is 5.02. The van der Waals surface area contributed by atoms with Crippen molar-refractivity contribution in [3.63, 3.8) is 0 Å². The molecule has 0 saturated carbocycles. The van der Waals surface area contributed by atoms with Gasteiger partial charge < -0.3 is 14.8 Å². The van der Waals surface area contributed by atoms with Crippen LogP contribution in [0.25, 0.3) is 10.9 Å². The molecule has 0 unspecified atom stereocenters. The first kappa shape index (κ1) is 26.9. The molecule has 0 bridgehead atoms. The van der Waals surface area contributed by atoms with Crippen LogP contribution in [0.1, 0.15) is 22.4 Å². The predicted octanol–water partition coefficient (Wildman–Crippen LogP) is 6.47. The number of urea groups is 1. The number of aromatic nitrogens is 2. The monoisotopic (exact) mass is 543 g/mol. The van der Waals surface area contributed by atoms with Crippen molar-refractivity contribution >= 4 is 41.0 Å². The Bertz CT molecular complexity index is 1450. The van der Waals surface area contributed by atoms with Crippen LogP contribution in [0.5, 0.6) is 11.5 Å². The van der Waals surface area contributed by atoms with E-state index in [1.165, 1.54) is 24.3 Å². The molecular weight excluding hydrogens is 519 g/mol. The average molecular weight is 544 g/mol. The number of carbonyl (C=O) groups is 1. The number of carbonyl (C=O) groups excluding carboxylic acids is 1. The van der Waals surface area contributed by atoms with Crippen LogP contribution in [-0.4, -0.2) is 28.4 Å². The zero-order valence-corrected chi connectivity index (χ0v) is 21.5. The molecule has 0 aliphatic heterocycles. The number of ether oxygens (including phenoxy) is 2. The van der Waals surface area contributed by atoms with E-state index in [4.69, 9.17) is 4.74 Å². The Morgan fingerprint density at radius 3 is 2.45 bits per heavy atom. The minimum atomic E-state index is -4.75. The second kappa shape index (κ2) is 11.5. The molecule has 12 heteroatoms. The van der Waals surface area contributed by atoms with E-state index in [2.05, 4.69) is 24.3 Å². The first-order valence-electron chi connectivity index (χ1n) is 11.4. The van der Waals surface area contributed by atoms with Gasteiger partial charge >= 0.3 is 12.4 Å². The number of amides is 2. The minimum absolute atomic E-state index is 0.125. The second-order valence-corrected chi connectivity index (χ2v) is 8.90. The summed E-state index contributed by atoms with van der Waals surface area (Å²) in [5.74, 6) is 0.0611. The van der Waals surface area contributed by atoms with Crippen molar-refractivity contribution in [2.75, 3.05) is 5.32 Å². The standard InChI is InChI=1S/C26H24F3N5O3S/c1-16-5-4-6-17(2)24(16)31-25(35)33-38-30-14-18-7-12-21-22(32-34(3)23(21)13-18)15-36-19-8-10-20(11-9-19)37-26(27,28)29/h4-14H,15H2,1-3H3,(H2,31,33,35)/b30-14+. The quantitative estimate of drug-likeness (QED) is 0.196. The van der Waals surface area contributed by atoms with Crippen LogP contribution in [-0.2, 0) is 13.7 Å². The fourth-order valence-corrected chi connectivity index (χ4v) is 4.09. The number of nitrogens with one attached hydrogen (secondary N) is 2. The fourth-order valence-electron chi connectivity index (χ4n) is 3.73. The van der Waals surface area contributed by atoms with Gasteiger partial charge in [0.25, 0.3) is 0 Å². The lowest BCUT2D eigenvalue weighted by Gasteiger charge is -2.10. The van der Waals surface area contributed by atoms with Crippen LogP contribution < -0.4 is 19.5 Å². The molecule has 1 heterocycles. The van der Waals surface area contributed by atoms with E-state index in [1.54, 1.807) is 17.9 Å². The first-order chi connectivity index (χ1) is 18.1. The summed E-state index contributed by atoms with van der Waals surface area (Å²) in [6, 6.07) is 16.2. The zero-order valence-electron chi connectivity index (χ0n) is 20.7. The van der Waals surface area contributed by atoms with Gasteiger partial charge in [-0.2, -0.15) is 5.10 Å². The van der Waals surface area contributed by atoms with Crippen molar-refractivity contribution in [3.8, 4) is 11.5 Å². The van der Waals surface area contributed by atoms with Crippen LogP contribution in [0.4, 0.5) is 23.7 Å². The number of fused-ring (bicyclic) bond motifs is 1. The number of nitrogens with zero attached hydrogens (tertiary/aromatic N) is 3. The first-order valence-corrected chi connectivity index (χ1v) is 12.1. The van der Waals surface area contributed by atoms with E-state index < -0.39 is 6.36 Å². The summed E-state index contributed by atoms with van der Waals surface area (Å²) in [4.78, 5) is 12.2. The molecule has 0 atom stereocenters. The van der Waals surface area contributed by atoms with Crippen molar-refractivity contribution in [1.29, 1.82) is 0 Å². The van der Waals surface area contributed by atoms with Gasteiger partial charge in [0, 0.05) is 24.3 Å². The molecule has 0 fully saturated rings. The molecule has 2 amide bonds. The SMILES string of the molecule is Cc1cccc(C)c1NC(=O)NS/N=C/c1ccc2c(COc3ccc(OC(F)(F)F)cc3)nn(C)c2c1. The van der Waals surface area contributed by atoms with E-state index in [1.807, 2.05) is 50.2 Å². The number of benzene rings is 3. The average Bonchev–Trinajstić information content (AvgIpc) is 3.17. The summed E-state index contributed by atoms with van der Waals surface area (Å²) in [6.45, 7) is 3.97. The Kier molecular flexibility index (Phi) is 8.10. The molecule has 198 valence electrons. The number of hydrogen-bond donors (Lipinski definition) is 2. The Morgan fingerprint density at radius 1 is 1.08 bits per heavy atom.